The summed E-state index contributed by atoms with van der Waals surface area (Å²) < 4.78 is 31.1. The molecule has 1 heterocycles. The van der Waals surface area contributed by atoms with Crippen LogP contribution in [0.2, 0.25) is 10.0 Å². The molecule has 3 rings (SSSR count). The van der Waals surface area contributed by atoms with Crippen molar-refractivity contribution >= 4 is 29.1 Å². The van der Waals surface area contributed by atoms with Gasteiger partial charge < -0.3 is 20.8 Å². The summed E-state index contributed by atoms with van der Waals surface area (Å²) in [5, 5.41) is 35.3. The summed E-state index contributed by atoms with van der Waals surface area (Å²) in [6.07, 6.45) is -0.576. The molecule has 1 fully saturated rings. The van der Waals surface area contributed by atoms with Crippen molar-refractivity contribution in [1.82, 2.24) is 10.6 Å². The zero-order valence-corrected chi connectivity index (χ0v) is 22.4. The van der Waals surface area contributed by atoms with Crippen LogP contribution >= 0.6 is 23.2 Å². The number of carbonyl (C=O) groups is 1. The molecule has 2 aromatic carbocycles. The largest absolute Gasteiger partial charge is 0.394 e. The number of aliphatic hydroxyl groups is 2. The minimum atomic E-state index is -1.71. The standard InChI is InChI=1S/C27H31Cl2F2N3O3/c1-26(2,3)12-21-27(14-32,18-8-7-15(28)11-20(18)30)22(17-5-4-6-19(29)23(17)31)24(34-21)25(37)33-10-9-16(36)13-35/h4-8,11,16,21-22,24,34-36H,9-10,12-13H2,1-3H3,(H,33,37)/t16-,21-,22-,24-,27-/m0/s1. The molecule has 1 saturated heterocycles. The van der Waals surface area contributed by atoms with E-state index in [1.807, 2.05) is 20.8 Å². The van der Waals surface area contributed by atoms with Gasteiger partial charge in [-0.1, -0.05) is 62.2 Å². The van der Waals surface area contributed by atoms with Gasteiger partial charge >= 0.3 is 0 Å². The van der Waals surface area contributed by atoms with Crippen LogP contribution in [0, 0.1) is 28.4 Å². The third kappa shape index (κ3) is 6.08. The minimum Gasteiger partial charge on any atom is -0.394 e. The highest BCUT2D eigenvalue weighted by molar-refractivity contribution is 6.31. The first-order valence-corrected chi connectivity index (χ1v) is 12.7. The highest BCUT2D eigenvalue weighted by Crippen LogP contribution is 2.52. The number of rotatable bonds is 8. The average molecular weight is 554 g/mol. The van der Waals surface area contributed by atoms with Crippen molar-refractivity contribution in [3.8, 4) is 6.07 Å². The second-order valence-corrected chi connectivity index (χ2v) is 11.4. The molecule has 0 bridgehead atoms. The van der Waals surface area contributed by atoms with Gasteiger partial charge in [-0.3, -0.25) is 4.79 Å². The summed E-state index contributed by atoms with van der Waals surface area (Å²) in [7, 11) is 0. The van der Waals surface area contributed by atoms with Crippen molar-refractivity contribution in [2.24, 2.45) is 5.41 Å². The summed E-state index contributed by atoms with van der Waals surface area (Å²) in [6.45, 7) is 5.42. The smallest absolute Gasteiger partial charge is 0.237 e. The first kappa shape index (κ1) is 29.3. The van der Waals surface area contributed by atoms with E-state index >= 15 is 8.78 Å². The summed E-state index contributed by atoms with van der Waals surface area (Å²) in [4.78, 5) is 13.5. The quantitative estimate of drug-likeness (QED) is 0.386. The Morgan fingerprint density at radius 2 is 1.97 bits per heavy atom. The molecule has 37 heavy (non-hydrogen) atoms. The number of hydrogen-bond acceptors (Lipinski definition) is 5. The van der Waals surface area contributed by atoms with E-state index in [1.54, 1.807) is 0 Å². The molecule has 0 radical (unpaired) electrons. The Labute approximate surface area is 225 Å². The summed E-state index contributed by atoms with van der Waals surface area (Å²) in [5.74, 6) is -3.26. The fourth-order valence-corrected chi connectivity index (χ4v) is 5.46. The number of nitriles is 1. The molecule has 200 valence electrons. The maximum absolute atomic E-state index is 15.5. The van der Waals surface area contributed by atoms with Crippen LogP contribution < -0.4 is 10.6 Å². The molecule has 10 heteroatoms. The number of aliphatic hydroxyl groups excluding tert-OH is 2. The Bertz CT molecular complexity index is 1180. The van der Waals surface area contributed by atoms with Gasteiger partial charge in [-0.25, -0.2) is 8.78 Å². The maximum atomic E-state index is 15.5. The molecular weight excluding hydrogens is 523 g/mol. The topological polar surface area (TPSA) is 105 Å². The van der Waals surface area contributed by atoms with Crippen molar-refractivity contribution in [3.05, 3.63) is 69.2 Å². The van der Waals surface area contributed by atoms with Gasteiger partial charge in [0.2, 0.25) is 5.91 Å². The van der Waals surface area contributed by atoms with Crippen LogP contribution in [0.25, 0.3) is 0 Å². The van der Waals surface area contributed by atoms with Gasteiger partial charge in [0, 0.05) is 29.1 Å². The lowest BCUT2D eigenvalue weighted by molar-refractivity contribution is -0.123. The van der Waals surface area contributed by atoms with Crippen molar-refractivity contribution in [2.75, 3.05) is 13.2 Å². The van der Waals surface area contributed by atoms with Crippen LogP contribution in [-0.2, 0) is 10.2 Å². The third-order valence-electron chi connectivity index (χ3n) is 6.72. The maximum Gasteiger partial charge on any atom is 0.237 e. The van der Waals surface area contributed by atoms with E-state index in [9.17, 15) is 15.2 Å². The molecule has 0 saturated carbocycles. The number of halogens is 4. The Morgan fingerprint density at radius 3 is 2.57 bits per heavy atom. The van der Waals surface area contributed by atoms with Crippen LogP contribution in [0.4, 0.5) is 8.78 Å². The van der Waals surface area contributed by atoms with E-state index in [-0.39, 0.29) is 39.6 Å². The Kier molecular flexibility index (Phi) is 9.20. The second-order valence-electron chi connectivity index (χ2n) is 10.6. The molecule has 2 aromatic rings. The second kappa shape index (κ2) is 11.6. The van der Waals surface area contributed by atoms with E-state index in [0.717, 1.165) is 6.07 Å². The fourth-order valence-electron chi connectivity index (χ4n) is 5.12. The lowest BCUT2D eigenvalue weighted by atomic mass is 9.62. The predicted octanol–water partition coefficient (Wildman–Crippen LogP) is 4.45. The normalized spacial score (nSPS) is 24.5. The monoisotopic (exact) mass is 553 g/mol. The zero-order chi connectivity index (χ0) is 27.5. The van der Waals surface area contributed by atoms with Gasteiger partial charge in [-0.2, -0.15) is 5.26 Å². The summed E-state index contributed by atoms with van der Waals surface area (Å²) in [5.41, 5.74) is -2.06. The Morgan fingerprint density at radius 1 is 1.27 bits per heavy atom. The summed E-state index contributed by atoms with van der Waals surface area (Å²) in [6, 6.07) is 8.68. The first-order chi connectivity index (χ1) is 17.4. The van der Waals surface area contributed by atoms with E-state index < -0.39 is 53.7 Å². The number of hydrogen-bond donors (Lipinski definition) is 4. The number of nitrogens with zero attached hydrogens (tertiary/aromatic N) is 1. The Hall–Kier alpha value is -2.28. The SMILES string of the molecule is CC(C)(C)C[C@@H]1N[C@H](C(=O)NCC[C@H](O)CO)[C@H](c2cccc(Cl)c2F)[C@@]1(C#N)c1ccc(Cl)cc1F. The molecule has 0 spiro atoms. The molecule has 0 aliphatic carbocycles. The van der Waals surface area contributed by atoms with E-state index in [4.69, 9.17) is 28.3 Å². The van der Waals surface area contributed by atoms with E-state index in [0.29, 0.717) is 6.42 Å². The first-order valence-electron chi connectivity index (χ1n) is 12.0. The summed E-state index contributed by atoms with van der Waals surface area (Å²) >= 11 is 12.1. The Balaban J connectivity index is 2.24. The number of nitrogens with one attached hydrogen (secondary N) is 2. The molecule has 0 aromatic heterocycles. The zero-order valence-electron chi connectivity index (χ0n) is 20.9. The predicted molar refractivity (Wildman–Crippen MR) is 138 cm³/mol. The van der Waals surface area contributed by atoms with E-state index in [1.165, 1.54) is 30.3 Å². The molecule has 4 N–H and O–H groups in total. The molecular formula is C27H31Cl2F2N3O3. The van der Waals surface area contributed by atoms with Gasteiger partial charge in [0.1, 0.15) is 17.0 Å². The highest BCUT2D eigenvalue weighted by atomic mass is 35.5. The number of amides is 1. The highest BCUT2D eigenvalue weighted by Gasteiger charge is 2.61. The lowest BCUT2D eigenvalue weighted by Gasteiger charge is -2.37. The molecule has 0 unspecified atom stereocenters. The van der Waals surface area contributed by atoms with Crippen LogP contribution in [0.15, 0.2) is 36.4 Å². The number of benzene rings is 2. The van der Waals surface area contributed by atoms with Crippen LogP contribution in [0.1, 0.15) is 50.7 Å². The van der Waals surface area contributed by atoms with Gasteiger partial charge in [0.15, 0.2) is 0 Å². The molecule has 5 atom stereocenters. The molecule has 1 aliphatic rings. The molecule has 1 amide bonds. The lowest BCUT2D eigenvalue weighted by Crippen LogP contribution is -2.46. The fraction of sp³-hybridized carbons (Fsp3) is 0.481. The molecule has 1 aliphatic heterocycles. The third-order valence-corrected chi connectivity index (χ3v) is 7.25. The van der Waals surface area contributed by atoms with Crippen molar-refractivity contribution in [1.29, 1.82) is 5.26 Å². The van der Waals surface area contributed by atoms with Crippen molar-refractivity contribution in [2.45, 2.75) is 63.1 Å². The van der Waals surface area contributed by atoms with Gasteiger partial charge in [-0.15, -0.1) is 0 Å². The van der Waals surface area contributed by atoms with Crippen LogP contribution in [0.3, 0.4) is 0 Å². The van der Waals surface area contributed by atoms with E-state index in [2.05, 4.69) is 16.7 Å². The van der Waals surface area contributed by atoms with Crippen LogP contribution in [0.5, 0.6) is 0 Å². The van der Waals surface area contributed by atoms with Gasteiger partial charge in [-0.05, 0) is 42.0 Å². The van der Waals surface area contributed by atoms with Gasteiger partial charge in [0.05, 0.1) is 29.8 Å². The van der Waals surface area contributed by atoms with Crippen LogP contribution in [-0.4, -0.2) is 47.5 Å². The van der Waals surface area contributed by atoms with Crippen molar-refractivity contribution < 1.29 is 23.8 Å². The average Bonchev–Trinajstić information content (AvgIpc) is 3.13. The van der Waals surface area contributed by atoms with Gasteiger partial charge in [0.25, 0.3) is 0 Å². The number of carbonyl (C=O) groups excluding carboxylic acids is 1. The van der Waals surface area contributed by atoms with Crippen molar-refractivity contribution in [3.63, 3.8) is 0 Å². The molecule has 6 nitrogen and oxygen atoms in total. The minimum absolute atomic E-state index is 0.00264.